The Morgan fingerprint density at radius 3 is 2.50 bits per heavy atom. The molecule has 0 aromatic carbocycles. The fourth-order valence-electron chi connectivity index (χ4n) is 0.385. The molecule has 0 aliphatic rings. The zero-order chi connectivity index (χ0) is 7.82. The highest BCUT2D eigenvalue weighted by Gasteiger charge is 1.88. The van der Waals surface area contributed by atoms with Gasteiger partial charge in [-0.15, -0.1) is 0 Å². The van der Waals surface area contributed by atoms with Gasteiger partial charge in [-0.25, -0.2) is 0 Å². The molecule has 0 spiro atoms. The summed E-state index contributed by atoms with van der Waals surface area (Å²) in [6.07, 6.45) is 0. The average molecular weight is 148 g/mol. The maximum Gasteiger partial charge on any atom is 0.269 e. The molecule has 0 rings (SSSR count). The van der Waals surface area contributed by atoms with Crippen LogP contribution >= 0.6 is 0 Å². The second-order valence-corrected chi connectivity index (χ2v) is 1.58. The molecule has 4 nitrogen and oxygen atoms in total. The summed E-state index contributed by atoms with van der Waals surface area (Å²) in [7, 11) is 0. The standard InChI is InChI=1S/C6H12O4/c1-6(8)10-5-4-9-3-2-7/h7-8H,1-5H2. The topological polar surface area (TPSA) is 58.9 Å². The monoisotopic (exact) mass is 148 g/mol. The molecule has 0 amide bonds. The summed E-state index contributed by atoms with van der Waals surface area (Å²) in [4.78, 5) is 0. The quantitative estimate of drug-likeness (QED) is 0.412. The van der Waals surface area contributed by atoms with Gasteiger partial charge in [0, 0.05) is 0 Å². The van der Waals surface area contributed by atoms with E-state index in [1.165, 1.54) is 0 Å². The van der Waals surface area contributed by atoms with E-state index >= 15 is 0 Å². The number of aliphatic hydroxyl groups is 2. The zero-order valence-corrected chi connectivity index (χ0v) is 5.75. The van der Waals surface area contributed by atoms with Gasteiger partial charge in [0.1, 0.15) is 6.61 Å². The minimum absolute atomic E-state index is 0.0000709. The molecule has 0 atom stereocenters. The van der Waals surface area contributed by atoms with Gasteiger partial charge in [-0.3, -0.25) is 0 Å². The Balaban J connectivity index is 2.84. The van der Waals surface area contributed by atoms with E-state index in [1.807, 2.05) is 0 Å². The first-order chi connectivity index (χ1) is 4.77. The number of hydrogen-bond acceptors (Lipinski definition) is 4. The molecule has 0 aromatic heterocycles. The Kier molecular flexibility index (Phi) is 5.91. The van der Waals surface area contributed by atoms with Crippen LogP contribution in [0.15, 0.2) is 12.5 Å². The van der Waals surface area contributed by atoms with E-state index in [9.17, 15) is 0 Å². The van der Waals surface area contributed by atoms with Gasteiger partial charge in [-0.1, -0.05) is 0 Å². The van der Waals surface area contributed by atoms with Crippen molar-refractivity contribution in [2.45, 2.75) is 0 Å². The maximum atomic E-state index is 8.39. The smallest absolute Gasteiger partial charge is 0.269 e. The molecule has 0 aliphatic carbocycles. The maximum absolute atomic E-state index is 8.39. The third-order valence-corrected chi connectivity index (χ3v) is 0.732. The first kappa shape index (κ1) is 9.26. The minimum Gasteiger partial charge on any atom is -0.481 e. The predicted molar refractivity (Wildman–Crippen MR) is 35.6 cm³/mol. The summed E-state index contributed by atoms with van der Waals surface area (Å²) in [6.45, 7) is 4.00. The second-order valence-electron chi connectivity index (χ2n) is 1.58. The van der Waals surface area contributed by atoms with Gasteiger partial charge in [-0.2, -0.15) is 0 Å². The molecule has 0 unspecified atom stereocenters. The summed E-state index contributed by atoms with van der Waals surface area (Å²) in [5.74, 6) is -0.312. The average Bonchev–Trinajstić information content (AvgIpc) is 1.87. The first-order valence-electron chi connectivity index (χ1n) is 2.96. The van der Waals surface area contributed by atoms with Crippen LogP contribution in [0.1, 0.15) is 0 Å². The van der Waals surface area contributed by atoms with E-state index in [2.05, 4.69) is 11.3 Å². The zero-order valence-electron chi connectivity index (χ0n) is 5.75. The number of ether oxygens (including phenoxy) is 2. The number of rotatable bonds is 6. The van der Waals surface area contributed by atoms with E-state index in [0.717, 1.165) is 0 Å². The second kappa shape index (κ2) is 6.38. The van der Waals surface area contributed by atoms with E-state index in [0.29, 0.717) is 13.2 Å². The van der Waals surface area contributed by atoms with E-state index in [1.54, 1.807) is 0 Å². The van der Waals surface area contributed by atoms with E-state index in [-0.39, 0.29) is 19.2 Å². The van der Waals surface area contributed by atoms with Crippen LogP contribution in [0.2, 0.25) is 0 Å². The molecule has 0 radical (unpaired) electrons. The molecule has 0 aliphatic heterocycles. The van der Waals surface area contributed by atoms with Crippen molar-refractivity contribution in [1.82, 2.24) is 0 Å². The highest BCUT2D eigenvalue weighted by atomic mass is 16.6. The molecular weight excluding hydrogens is 136 g/mol. The lowest BCUT2D eigenvalue weighted by Gasteiger charge is -2.02. The molecule has 2 N–H and O–H groups in total. The molecule has 0 saturated heterocycles. The molecule has 4 heteroatoms. The minimum atomic E-state index is -0.312. The van der Waals surface area contributed by atoms with Crippen LogP contribution in [-0.2, 0) is 9.47 Å². The summed E-state index contributed by atoms with van der Waals surface area (Å²) >= 11 is 0. The largest absolute Gasteiger partial charge is 0.481 e. The Morgan fingerprint density at radius 1 is 1.30 bits per heavy atom. The van der Waals surface area contributed by atoms with Crippen molar-refractivity contribution in [3.63, 3.8) is 0 Å². The van der Waals surface area contributed by atoms with E-state index in [4.69, 9.17) is 14.9 Å². The summed E-state index contributed by atoms with van der Waals surface area (Å²) in [6, 6.07) is 0. The van der Waals surface area contributed by atoms with Crippen LogP contribution in [0.5, 0.6) is 0 Å². The van der Waals surface area contributed by atoms with Crippen molar-refractivity contribution in [2.24, 2.45) is 0 Å². The Labute approximate surface area is 59.7 Å². The molecule has 0 aromatic rings. The third kappa shape index (κ3) is 7.26. The summed E-state index contributed by atoms with van der Waals surface area (Å²) in [5.41, 5.74) is 0. The molecule has 0 heterocycles. The molecule has 10 heavy (non-hydrogen) atoms. The van der Waals surface area contributed by atoms with Crippen molar-refractivity contribution in [2.75, 3.05) is 26.4 Å². The van der Waals surface area contributed by atoms with Crippen LogP contribution < -0.4 is 0 Å². The normalized spacial score (nSPS) is 9.30. The fourth-order valence-corrected chi connectivity index (χ4v) is 0.385. The summed E-state index contributed by atoms with van der Waals surface area (Å²) in [5, 5.41) is 16.6. The Bertz CT molecular complexity index is 91.7. The molecule has 0 saturated carbocycles. The van der Waals surface area contributed by atoms with Crippen LogP contribution in [-0.4, -0.2) is 36.6 Å². The molecule has 0 fully saturated rings. The van der Waals surface area contributed by atoms with Gasteiger partial charge in [0.15, 0.2) is 0 Å². The van der Waals surface area contributed by atoms with Gasteiger partial charge in [0.05, 0.1) is 19.8 Å². The number of aliphatic hydroxyl groups excluding tert-OH is 2. The lowest BCUT2D eigenvalue weighted by molar-refractivity contribution is 0.0250. The Hall–Kier alpha value is -0.740. The van der Waals surface area contributed by atoms with Crippen LogP contribution in [0, 0.1) is 0 Å². The molecule has 0 bridgehead atoms. The highest BCUT2D eigenvalue weighted by Crippen LogP contribution is 1.85. The van der Waals surface area contributed by atoms with Gasteiger partial charge < -0.3 is 19.7 Å². The van der Waals surface area contributed by atoms with Crippen molar-refractivity contribution in [3.05, 3.63) is 12.5 Å². The molecule has 60 valence electrons. The van der Waals surface area contributed by atoms with Crippen LogP contribution in [0.3, 0.4) is 0 Å². The number of hydrogen-bond donors (Lipinski definition) is 2. The Morgan fingerprint density at radius 2 is 2.00 bits per heavy atom. The van der Waals surface area contributed by atoms with Gasteiger partial charge >= 0.3 is 0 Å². The highest BCUT2D eigenvalue weighted by molar-refractivity contribution is 4.61. The van der Waals surface area contributed by atoms with Gasteiger partial charge in [0.25, 0.3) is 5.95 Å². The third-order valence-electron chi connectivity index (χ3n) is 0.732. The fraction of sp³-hybridized carbons (Fsp3) is 0.667. The van der Waals surface area contributed by atoms with E-state index < -0.39 is 0 Å². The van der Waals surface area contributed by atoms with Crippen molar-refractivity contribution in [1.29, 1.82) is 0 Å². The van der Waals surface area contributed by atoms with Crippen molar-refractivity contribution < 1.29 is 19.7 Å². The van der Waals surface area contributed by atoms with Gasteiger partial charge in [-0.05, 0) is 6.58 Å². The predicted octanol–water partition coefficient (Wildman–Crippen LogP) is 0.0411. The SMILES string of the molecule is C=C(O)OCCOCCO. The summed E-state index contributed by atoms with van der Waals surface area (Å²) < 4.78 is 9.35. The van der Waals surface area contributed by atoms with Crippen LogP contribution in [0.25, 0.3) is 0 Å². The van der Waals surface area contributed by atoms with Crippen molar-refractivity contribution >= 4 is 0 Å². The molecular formula is C6H12O4. The lowest BCUT2D eigenvalue weighted by Crippen LogP contribution is -2.06. The van der Waals surface area contributed by atoms with Crippen molar-refractivity contribution in [3.8, 4) is 0 Å². The first-order valence-corrected chi connectivity index (χ1v) is 2.96. The lowest BCUT2D eigenvalue weighted by atomic mass is 10.7. The van der Waals surface area contributed by atoms with Crippen LogP contribution in [0.4, 0.5) is 0 Å². The van der Waals surface area contributed by atoms with Gasteiger partial charge in [0.2, 0.25) is 0 Å².